The summed E-state index contributed by atoms with van der Waals surface area (Å²) in [6, 6.07) is 7.75. The number of likely N-dealkylation sites (N-methyl/N-ethyl adjacent to an activating group) is 1. The molecule has 106 valence electrons. The number of anilines is 1. The molecule has 0 bridgehead atoms. The molecule has 0 amide bonds. The van der Waals surface area contributed by atoms with Crippen LogP contribution in [0, 0.1) is 13.8 Å². The van der Waals surface area contributed by atoms with E-state index < -0.39 is 0 Å². The largest absolute Gasteiger partial charge is 0.364 e. The Morgan fingerprint density at radius 1 is 1.32 bits per heavy atom. The summed E-state index contributed by atoms with van der Waals surface area (Å²) in [5.74, 6) is 0. The normalized spacial score (nSPS) is 24.0. The van der Waals surface area contributed by atoms with E-state index in [1.807, 2.05) is 0 Å². The van der Waals surface area contributed by atoms with Gasteiger partial charge in [-0.25, -0.2) is 0 Å². The second kappa shape index (κ2) is 5.93. The van der Waals surface area contributed by atoms with E-state index >= 15 is 0 Å². The van der Waals surface area contributed by atoms with Crippen molar-refractivity contribution in [2.24, 2.45) is 0 Å². The molecule has 3 nitrogen and oxygen atoms in total. The Morgan fingerprint density at radius 3 is 2.74 bits per heavy atom. The maximum atomic E-state index is 3.60. The van der Waals surface area contributed by atoms with E-state index in [9.17, 15) is 0 Å². The van der Waals surface area contributed by atoms with E-state index in [4.69, 9.17) is 0 Å². The van der Waals surface area contributed by atoms with E-state index in [1.165, 1.54) is 16.8 Å². The van der Waals surface area contributed by atoms with Gasteiger partial charge in [0.15, 0.2) is 0 Å². The van der Waals surface area contributed by atoms with Gasteiger partial charge in [0.1, 0.15) is 0 Å². The molecule has 1 aliphatic rings. The standard InChI is InChI=1S/C16H27N3/c1-12-7-6-8-16(14(12)3)19-10-13(2)17-9-15(19)11-18(4)5/h6-8,13,15,17H,9-11H2,1-5H3. The lowest BCUT2D eigenvalue weighted by Gasteiger charge is -2.43. The van der Waals surface area contributed by atoms with Crippen LogP contribution in [0.4, 0.5) is 5.69 Å². The first-order chi connectivity index (χ1) is 8.99. The zero-order valence-corrected chi connectivity index (χ0v) is 12.9. The average Bonchev–Trinajstić information content (AvgIpc) is 2.35. The summed E-state index contributed by atoms with van der Waals surface area (Å²) in [6.45, 7) is 9.95. The number of benzene rings is 1. The van der Waals surface area contributed by atoms with Crippen LogP contribution in [0.5, 0.6) is 0 Å². The molecule has 1 aromatic rings. The molecule has 1 heterocycles. The summed E-state index contributed by atoms with van der Waals surface area (Å²) in [5.41, 5.74) is 4.20. The third kappa shape index (κ3) is 3.28. The number of hydrogen-bond acceptors (Lipinski definition) is 3. The SMILES string of the molecule is Cc1cccc(N2CC(C)NCC2CN(C)C)c1C. The van der Waals surface area contributed by atoms with Gasteiger partial charge in [0.2, 0.25) is 0 Å². The first-order valence-corrected chi connectivity index (χ1v) is 7.20. The van der Waals surface area contributed by atoms with E-state index in [1.54, 1.807) is 0 Å². The van der Waals surface area contributed by atoms with Gasteiger partial charge in [-0.2, -0.15) is 0 Å². The van der Waals surface area contributed by atoms with Gasteiger partial charge in [-0.1, -0.05) is 12.1 Å². The molecule has 2 rings (SSSR count). The summed E-state index contributed by atoms with van der Waals surface area (Å²) in [6.07, 6.45) is 0. The van der Waals surface area contributed by atoms with E-state index in [-0.39, 0.29) is 0 Å². The van der Waals surface area contributed by atoms with Crippen molar-refractivity contribution in [3.63, 3.8) is 0 Å². The van der Waals surface area contributed by atoms with Gasteiger partial charge >= 0.3 is 0 Å². The summed E-state index contributed by atoms with van der Waals surface area (Å²) in [4.78, 5) is 4.87. The van der Waals surface area contributed by atoms with Crippen molar-refractivity contribution in [2.75, 3.05) is 38.6 Å². The third-order valence-corrected chi connectivity index (χ3v) is 4.07. The van der Waals surface area contributed by atoms with Gasteiger partial charge in [-0.05, 0) is 52.1 Å². The lowest BCUT2D eigenvalue weighted by Crippen LogP contribution is -2.58. The molecule has 0 spiro atoms. The van der Waals surface area contributed by atoms with Gasteiger partial charge in [-0.3, -0.25) is 0 Å². The molecule has 0 saturated carbocycles. The molecule has 1 aromatic carbocycles. The Hall–Kier alpha value is -1.06. The van der Waals surface area contributed by atoms with E-state index in [2.05, 4.69) is 68.2 Å². The molecule has 2 atom stereocenters. The monoisotopic (exact) mass is 261 g/mol. The van der Waals surface area contributed by atoms with Crippen LogP contribution in [0.2, 0.25) is 0 Å². The van der Waals surface area contributed by atoms with Crippen LogP contribution in [-0.2, 0) is 0 Å². The van der Waals surface area contributed by atoms with Gasteiger partial charge in [0.05, 0.1) is 6.04 Å². The number of nitrogens with one attached hydrogen (secondary N) is 1. The summed E-state index contributed by atoms with van der Waals surface area (Å²) in [7, 11) is 4.30. The molecule has 0 radical (unpaired) electrons. The zero-order chi connectivity index (χ0) is 14.0. The minimum absolute atomic E-state index is 0.548. The fourth-order valence-corrected chi connectivity index (χ4v) is 2.88. The van der Waals surface area contributed by atoms with Crippen LogP contribution >= 0.6 is 0 Å². The Kier molecular flexibility index (Phi) is 4.48. The first-order valence-electron chi connectivity index (χ1n) is 7.20. The van der Waals surface area contributed by atoms with Crippen molar-refractivity contribution in [3.05, 3.63) is 29.3 Å². The van der Waals surface area contributed by atoms with E-state index in [0.717, 1.165) is 19.6 Å². The van der Waals surface area contributed by atoms with Crippen molar-refractivity contribution < 1.29 is 0 Å². The Bertz CT molecular complexity index is 428. The lowest BCUT2D eigenvalue weighted by molar-refractivity contribution is 0.316. The molecular formula is C16H27N3. The Labute approximate surface area is 117 Å². The maximum absolute atomic E-state index is 3.60. The first kappa shape index (κ1) is 14.4. The van der Waals surface area contributed by atoms with Crippen LogP contribution in [0.15, 0.2) is 18.2 Å². The van der Waals surface area contributed by atoms with Gasteiger partial charge in [-0.15, -0.1) is 0 Å². The van der Waals surface area contributed by atoms with E-state index in [0.29, 0.717) is 12.1 Å². The molecule has 1 fully saturated rings. The van der Waals surface area contributed by atoms with Crippen molar-refractivity contribution in [1.82, 2.24) is 10.2 Å². The number of hydrogen-bond donors (Lipinski definition) is 1. The van der Waals surface area contributed by atoms with Crippen molar-refractivity contribution in [1.29, 1.82) is 0 Å². The fraction of sp³-hybridized carbons (Fsp3) is 0.625. The Balaban J connectivity index is 2.28. The van der Waals surface area contributed by atoms with Crippen molar-refractivity contribution >= 4 is 5.69 Å². The predicted octanol–water partition coefficient (Wildman–Crippen LogP) is 2.03. The molecule has 3 heteroatoms. The van der Waals surface area contributed by atoms with Crippen molar-refractivity contribution in [3.8, 4) is 0 Å². The number of aryl methyl sites for hydroxylation is 1. The topological polar surface area (TPSA) is 18.5 Å². The van der Waals surface area contributed by atoms with Crippen LogP contribution in [0.1, 0.15) is 18.1 Å². The number of piperazine rings is 1. The third-order valence-electron chi connectivity index (χ3n) is 4.07. The van der Waals surface area contributed by atoms with Crippen molar-refractivity contribution in [2.45, 2.75) is 32.9 Å². The average molecular weight is 261 g/mol. The molecule has 0 aromatic heterocycles. The summed E-state index contributed by atoms with van der Waals surface area (Å²) >= 11 is 0. The maximum Gasteiger partial charge on any atom is 0.0542 e. The Morgan fingerprint density at radius 2 is 2.05 bits per heavy atom. The molecule has 1 N–H and O–H groups in total. The molecular weight excluding hydrogens is 234 g/mol. The van der Waals surface area contributed by atoms with Gasteiger partial charge in [0.25, 0.3) is 0 Å². The molecule has 1 saturated heterocycles. The highest BCUT2D eigenvalue weighted by molar-refractivity contribution is 5.57. The van der Waals surface area contributed by atoms with Crippen LogP contribution < -0.4 is 10.2 Å². The van der Waals surface area contributed by atoms with Gasteiger partial charge in [0, 0.05) is 31.4 Å². The minimum atomic E-state index is 0.548. The number of nitrogens with zero attached hydrogens (tertiary/aromatic N) is 2. The van der Waals surface area contributed by atoms with Crippen LogP contribution in [0.25, 0.3) is 0 Å². The second-order valence-corrected chi connectivity index (χ2v) is 6.10. The van der Waals surface area contributed by atoms with Crippen LogP contribution in [0.3, 0.4) is 0 Å². The summed E-state index contributed by atoms with van der Waals surface area (Å²) in [5, 5.41) is 3.60. The van der Waals surface area contributed by atoms with Crippen LogP contribution in [-0.4, -0.2) is 50.7 Å². The minimum Gasteiger partial charge on any atom is -0.364 e. The fourth-order valence-electron chi connectivity index (χ4n) is 2.88. The quantitative estimate of drug-likeness (QED) is 0.898. The zero-order valence-electron chi connectivity index (χ0n) is 12.9. The predicted molar refractivity (Wildman–Crippen MR) is 83.1 cm³/mol. The molecule has 19 heavy (non-hydrogen) atoms. The molecule has 1 aliphatic heterocycles. The second-order valence-electron chi connectivity index (χ2n) is 6.10. The molecule has 2 unspecified atom stereocenters. The lowest BCUT2D eigenvalue weighted by atomic mass is 10.0. The molecule has 0 aliphatic carbocycles. The highest BCUT2D eigenvalue weighted by atomic mass is 15.3. The van der Waals surface area contributed by atoms with Gasteiger partial charge < -0.3 is 15.1 Å². The smallest absolute Gasteiger partial charge is 0.0542 e. The summed E-state index contributed by atoms with van der Waals surface area (Å²) < 4.78 is 0. The highest BCUT2D eigenvalue weighted by Gasteiger charge is 2.27. The highest BCUT2D eigenvalue weighted by Crippen LogP contribution is 2.26. The number of rotatable bonds is 3.